The van der Waals surface area contributed by atoms with Crippen LogP contribution < -0.4 is 16.7 Å². The molecule has 2 aromatic heterocycles. The topological polar surface area (TPSA) is 97.1 Å². The fourth-order valence-corrected chi connectivity index (χ4v) is 3.17. The molecule has 0 spiro atoms. The van der Waals surface area contributed by atoms with E-state index in [0.717, 1.165) is 11.1 Å². The van der Waals surface area contributed by atoms with Crippen molar-refractivity contribution in [2.75, 3.05) is 5.43 Å². The summed E-state index contributed by atoms with van der Waals surface area (Å²) in [6.45, 7) is 0.278. The molecule has 9 heteroatoms. The number of benzene rings is 2. The lowest BCUT2D eigenvalue weighted by atomic mass is 10.2. The fourth-order valence-electron chi connectivity index (χ4n) is 2.97. The Labute approximate surface area is 170 Å². The van der Waals surface area contributed by atoms with Gasteiger partial charge in [0, 0.05) is 12.1 Å². The van der Waals surface area contributed by atoms with Crippen molar-refractivity contribution in [3.05, 3.63) is 91.6 Å². The molecule has 0 unspecified atom stereocenters. The third-order valence-electron chi connectivity index (χ3n) is 4.47. The van der Waals surface area contributed by atoms with E-state index in [1.165, 1.54) is 4.57 Å². The van der Waals surface area contributed by atoms with E-state index in [4.69, 9.17) is 11.6 Å². The largest absolute Gasteiger partial charge is 0.329 e. The third-order valence-corrected chi connectivity index (χ3v) is 4.84. The summed E-state index contributed by atoms with van der Waals surface area (Å²) in [6.07, 6.45) is 1.64. The number of aryl methyl sites for hydroxylation is 1. The number of hydrogen-bond donors (Lipinski definition) is 2. The van der Waals surface area contributed by atoms with Crippen molar-refractivity contribution in [1.82, 2.24) is 19.1 Å². The van der Waals surface area contributed by atoms with Crippen molar-refractivity contribution in [2.45, 2.75) is 6.54 Å². The zero-order chi connectivity index (χ0) is 20.4. The van der Waals surface area contributed by atoms with Gasteiger partial charge in [-0.05, 0) is 17.2 Å². The highest BCUT2D eigenvalue weighted by atomic mass is 35.5. The first-order valence-electron chi connectivity index (χ1n) is 8.81. The standard InChI is InChI=1S/C20H17ClN6O2/c1-26-17-16(18(28)24-20(26)29)27(12-14-9-5-6-10-15(14)21)19(23-17)25-22-11-13-7-3-2-4-8-13/h2-11H,12H2,1H3,(H,23,25)(H,24,28,29)/b22-11+. The average molecular weight is 409 g/mol. The van der Waals surface area contributed by atoms with Crippen LogP contribution in [0.4, 0.5) is 5.95 Å². The first kappa shape index (κ1) is 18.7. The molecule has 0 bridgehead atoms. The lowest BCUT2D eigenvalue weighted by Crippen LogP contribution is -2.29. The van der Waals surface area contributed by atoms with Gasteiger partial charge in [-0.15, -0.1) is 0 Å². The van der Waals surface area contributed by atoms with Crippen LogP contribution in [0.2, 0.25) is 5.02 Å². The molecule has 0 atom stereocenters. The van der Waals surface area contributed by atoms with Gasteiger partial charge >= 0.3 is 5.69 Å². The first-order valence-corrected chi connectivity index (χ1v) is 9.19. The summed E-state index contributed by atoms with van der Waals surface area (Å²) < 4.78 is 2.93. The van der Waals surface area contributed by atoms with Crippen molar-refractivity contribution in [1.29, 1.82) is 0 Å². The first-order chi connectivity index (χ1) is 14.0. The molecule has 0 saturated heterocycles. The maximum Gasteiger partial charge on any atom is 0.329 e. The Kier molecular flexibility index (Phi) is 5.01. The van der Waals surface area contributed by atoms with Crippen LogP contribution in [0.1, 0.15) is 11.1 Å². The molecule has 0 amide bonds. The molecular weight excluding hydrogens is 392 g/mol. The smallest absolute Gasteiger partial charge is 0.298 e. The number of aromatic nitrogens is 4. The van der Waals surface area contributed by atoms with Crippen LogP contribution in [0.3, 0.4) is 0 Å². The molecule has 0 fully saturated rings. The number of fused-ring (bicyclic) bond motifs is 1. The molecule has 0 aliphatic rings. The molecule has 2 heterocycles. The Bertz CT molecular complexity index is 1320. The number of H-pyrrole nitrogens is 1. The molecule has 146 valence electrons. The monoisotopic (exact) mass is 408 g/mol. The lowest BCUT2D eigenvalue weighted by Gasteiger charge is -2.09. The number of hydrogen-bond acceptors (Lipinski definition) is 5. The molecule has 29 heavy (non-hydrogen) atoms. The van der Waals surface area contributed by atoms with Crippen molar-refractivity contribution in [3.8, 4) is 0 Å². The van der Waals surface area contributed by atoms with Gasteiger partial charge in [-0.2, -0.15) is 10.1 Å². The summed E-state index contributed by atoms with van der Waals surface area (Å²) in [5.41, 5.74) is 4.02. The van der Waals surface area contributed by atoms with Crippen LogP contribution in [-0.2, 0) is 13.6 Å². The maximum atomic E-state index is 12.5. The molecule has 0 saturated carbocycles. The lowest BCUT2D eigenvalue weighted by molar-refractivity contribution is 0.808. The second-order valence-corrected chi connectivity index (χ2v) is 6.79. The second kappa shape index (κ2) is 7.76. The van der Waals surface area contributed by atoms with Crippen molar-refractivity contribution < 1.29 is 0 Å². The summed E-state index contributed by atoms with van der Waals surface area (Å²) in [6, 6.07) is 16.9. The minimum atomic E-state index is -0.538. The number of hydrazone groups is 1. The van der Waals surface area contributed by atoms with Crippen molar-refractivity contribution in [2.24, 2.45) is 12.1 Å². The van der Waals surface area contributed by atoms with Gasteiger partial charge in [-0.1, -0.05) is 60.1 Å². The van der Waals surface area contributed by atoms with Crippen LogP contribution in [0, 0.1) is 0 Å². The van der Waals surface area contributed by atoms with E-state index in [9.17, 15) is 9.59 Å². The maximum absolute atomic E-state index is 12.5. The highest BCUT2D eigenvalue weighted by molar-refractivity contribution is 6.31. The van der Waals surface area contributed by atoms with Gasteiger partial charge < -0.3 is 0 Å². The van der Waals surface area contributed by atoms with E-state index in [1.807, 2.05) is 48.5 Å². The zero-order valence-electron chi connectivity index (χ0n) is 15.5. The number of aromatic amines is 1. The second-order valence-electron chi connectivity index (χ2n) is 6.38. The van der Waals surface area contributed by atoms with Crippen molar-refractivity contribution >= 4 is 34.9 Å². The van der Waals surface area contributed by atoms with Gasteiger partial charge in [0.25, 0.3) is 5.56 Å². The Hall–Kier alpha value is -3.65. The minimum absolute atomic E-state index is 0.253. The number of nitrogens with zero attached hydrogens (tertiary/aromatic N) is 4. The molecule has 2 N–H and O–H groups in total. The van der Waals surface area contributed by atoms with Crippen LogP contribution >= 0.6 is 11.6 Å². The number of rotatable bonds is 5. The van der Waals surface area contributed by atoms with E-state index in [-0.39, 0.29) is 17.7 Å². The molecule has 8 nitrogen and oxygen atoms in total. The van der Waals surface area contributed by atoms with E-state index < -0.39 is 11.2 Å². The Morgan fingerprint density at radius 1 is 1.14 bits per heavy atom. The Morgan fingerprint density at radius 2 is 1.86 bits per heavy atom. The summed E-state index contributed by atoms with van der Waals surface area (Å²) in [7, 11) is 1.55. The highest BCUT2D eigenvalue weighted by Crippen LogP contribution is 2.21. The van der Waals surface area contributed by atoms with E-state index in [2.05, 4.69) is 20.5 Å². The van der Waals surface area contributed by atoms with Gasteiger partial charge in [0.15, 0.2) is 11.2 Å². The molecular formula is C20H17ClN6O2. The van der Waals surface area contributed by atoms with E-state index >= 15 is 0 Å². The average Bonchev–Trinajstić information content (AvgIpc) is 3.08. The predicted octanol–water partition coefficient (Wildman–Crippen LogP) is 2.57. The number of anilines is 1. The van der Waals surface area contributed by atoms with Crippen LogP contribution in [0.15, 0.2) is 69.3 Å². The number of nitrogens with one attached hydrogen (secondary N) is 2. The number of imidazole rings is 1. The van der Waals surface area contributed by atoms with Gasteiger partial charge in [-0.25, -0.2) is 10.2 Å². The summed E-state index contributed by atoms with van der Waals surface area (Å²) in [5, 5.41) is 4.79. The van der Waals surface area contributed by atoms with Gasteiger partial charge in [-0.3, -0.25) is 18.9 Å². The van der Waals surface area contributed by atoms with Gasteiger partial charge in [0.1, 0.15) is 0 Å². The molecule has 4 aromatic rings. The summed E-state index contributed by atoms with van der Waals surface area (Å²) in [4.78, 5) is 31.2. The summed E-state index contributed by atoms with van der Waals surface area (Å²) in [5.74, 6) is 0.318. The van der Waals surface area contributed by atoms with E-state index in [0.29, 0.717) is 11.0 Å². The van der Waals surface area contributed by atoms with E-state index in [1.54, 1.807) is 23.9 Å². The molecule has 4 rings (SSSR count). The molecule has 2 aromatic carbocycles. The van der Waals surface area contributed by atoms with Crippen LogP contribution in [0.25, 0.3) is 11.2 Å². The van der Waals surface area contributed by atoms with Gasteiger partial charge in [0.2, 0.25) is 5.95 Å². The van der Waals surface area contributed by atoms with Crippen LogP contribution in [-0.4, -0.2) is 25.3 Å². The Morgan fingerprint density at radius 3 is 2.62 bits per heavy atom. The molecule has 0 aliphatic heterocycles. The van der Waals surface area contributed by atoms with Crippen molar-refractivity contribution in [3.63, 3.8) is 0 Å². The summed E-state index contributed by atoms with van der Waals surface area (Å²) >= 11 is 6.30. The van der Waals surface area contributed by atoms with Gasteiger partial charge in [0.05, 0.1) is 12.8 Å². The minimum Gasteiger partial charge on any atom is -0.298 e. The quantitative estimate of drug-likeness (QED) is 0.392. The van der Waals surface area contributed by atoms with Crippen LogP contribution in [0.5, 0.6) is 0 Å². The Balaban J connectivity index is 1.82. The zero-order valence-corrected chi connectivity index (χ0v) is 16.2. The molecule has 0 aliphatic carbocycles. The normalized spacial score (nSPS) is 11.4. The third kappa shape index (κ3) is 3.70. The highest BCUT2D eigenvalue weighted by Gasteiger charge is 2.18. The molecule has 0 radical (unpaired) electrons. The number of halogens is 1. The fraction of sp³-hybridized carbons (Fsp3) is 0.100. The SMILES string of the molecule is Cn1c(=O)[nH]c(=O)c2c1nc(N/N=C/c1ccccc1)n2Cc1ccccc1Cl. The predicted molar refractivity (Wildman–Crippen MR) is 114 cm³/mol.